The van der Waals surface area contributed by atoms with E-state index in [0.29, 0.717) is 0 Å². The van der Waals surface area contributed by atoms with Crippen molar-refractivity contribution in [2.45, 2.75) is 32.2 Å². The second-order valence-electron chi connectivity index (χ2n) is 6.64. The van der Waals surface area contributed by atoms with Crippen LogP contribution in [0, 0.1) is 0 Å². The second-order valence-corrected chi connectivity index (χ2v) is 6.64. The highest BCUT2D eigenvalue weighted by Gasteiger charge is 2.23. The number of nitrogens with one attached hydrogen (secondary N) is 1. The van der Waals surface area contributed by atoms with E-state index >= 15 is 0 Å². The van der Waals surface area contributed by atoms with Crippen molar-refractivity contribution in [1.29, 1.82) is 0 Å². The van der Waals surface area contributed by atoms with Gasteiger partial charge in [0.05, 0.1) is 7.11 Å². The molecule has 3 rings (SSSR count). The molecule has 25 heavy (non-hydrogen) atoms. The Kier molecular flexibility index (Phi) is 5.27. The van der Waals surface area contributed by atoms with Crippen molar-refractivity contribution in [3.05, 3.63) is 59.2 Å². The summed E-state index contributed by atoms with van der Waals surface area (Å²) in [5, 5.41) is 3.39. The van der Waals surface area contributed by atoms with Gasteiger partial charge in [0, 0.05) is 30.9 Å². The molecule has 4 nitrogen and oxygen atoms in total. The normalized spacial score (nSPS) is 14.2. The fraction of sp³-hybridized carbons (Fsp3) is 0.381. The van der Waals surface area contributed by atoms with Crippen molar-refractivity contribution < 1.29 is 9.53 Å². The molecule has 0 saturated heterocycles. The number of nitrogens with zero attached hydrogens (tertiary/aromatic N) is 1. The molecule has 0 radical (unpaired) electrons. The summed E-state index contributed by atoms with van der Waals surface area (Å²) >= 11 is 0. The molecule has 0 spiro atoms. The molecule has 132 valence electrons. The molecule has 2 aromatic carbocycles. The first-order valence-electron chi connectivity index (χ1n) is 8.86. The van der Waals surface area contributed by atoms with E-state index in [-0.39, 0.29) is 11.9 Å². The van der Waals surface area contributed by atoms with Gasteiger partial charge in [-0.15, -0.1) is 0 Å². The van der Waals surface area contributed by atoms with Crippen molar-refractivity contribution in [2.75, 3.05) is 26.0 Å². The third kappa shape index (κ3) is 3.63. The summed E-state index contributed by atoms with van der Waals surface area (Å²) in [7, 11) is 3.57. The van der Waals surface area contributed by atoms with Crippen molar-refractivity contribution in [3.8, 4) is 5.75 Å². The number of carbonyl (C=O) groups is 1. The molecule has 1 aliphatic rings. The largest absolute Gasteiger partial charge is 0.496 e. The Morgan fingerprint density at radius 1 is 1.24 bits per heavy atom. The number of amides is 1. The molecule has 0 bridgehead atoms. The highest BCUT2D eigenvalue weighted by atomic mass is 16.5. The zero-order valence-electron chi connectivity index (χ0n) is 15.2. The van der Waals surface area contributed by atoms with E-state index in [9.17, 15) is 4.79 Å². The number of para-hydroxylation sites is 1. The van der Waals surface area contributed by atoms with Crippen LogP contribution in [0.1, 0.15) is 34.8 Å². The molecular weight excluding hydrogens is 312 g/mol. The number of ether oxygens (including phenoxy) is 1. The number of fused-ring (bicyclic) bond motifs is 1. The molecule has 1 aliphatic heterocycles. The topological polar surface area (TPSA) is 41.6 Å². The Balaban J connectivity index is 1.78. The smallest absolute Gasteiger partial charge is 0.254 e. The van der Waals surface area contributed by atoms with Gasteiger partial charge in [-0.25, -0.2) is 0 Å². The van der Waals surface area contributed by atoms with Gasteiger partial charge in [0.15, 0.2) is 0 Å². The van der Waals surface area contributed by atoms with Crippen molar-refractivity contribution in [3.63, 3.8) is 0 Å². The predicted octanol–water partition coefficient (Wildman–Crippen LogP) is 3.76. The van der Waals surface area contributed by atoms with Crippen LogP contribution in [-0.4, -0.2) is 37.6 Å². The predicted molar refractivity (Wildman–Crippen MR) is 102 cm³/mol. The maximum absolute atomic E-state index is 13.1. The van der Waals surface area contributed by atoms with E-state index in [1.54, 1.807) is 7.11 Å². The average molecular weight is 338 g/mol. The zero-order chi connectivity index (χ0) is 17.8. The number of anilines is 1. The van der Waals surface area contributed by atoms with E-state index in [1.165, 1.54) is 0 Å². The summed E-state index contributed by atoms with van der Waals surface area (Å²) in [6.07, 6.45) is 2.79. The van der Waals surface area contributed by atoms with Gasteiger partial charge in [0.25, 0.3) is 5.91 Å². The summed E-state index contributed by atoms with van der Waals surface area (Å²) in [6.45, 7) is 3.06. The van der Waals surface area contributed by atoms with Crippen LogP contribution in [-0.2, 0) is 12.8 Å². The first kappa shape index (κ1) is 17.3. The molecule has 4 heteroatoms. The first-order valence-corrected chi connectivity index (χ1v) is 8.86. The summed E-state index contributed by atoms with van der Waals surface area (Å²) < 4.78 is 5.43. The maximum atomic E-state index is 13.1. The Morgan fingerprint density at radius 2 is 2.04 bits per heavy atom. The lowest BCUT2D eigenvalue weighted by Gasteiger charge is -2.28. The van der Waals surface area contributed by atoms with Crippen molar-refractivity contribution in [1.82, 2.24) is 4.90 Å². The molecule has 0 aromatic heterocycles. The number of methoxy groups -OCH3 is 1. The van der Waals surface area contributed by atoms with Crippen LogP contribution in [0.25, 0.3) is 0 Å². The number of benzene rings is 2. The van der Waals surface area contributed by atoms with Crippen LogP contribution in [0.5, 0.6) is 5.75 Å². The Labute approximate surface area is 149 Å². The van der Waals surface area contributed by atoms with E-state index in [4.69, 9.17) is 4.74 Å². The summed E-state index contributed by atoms with van der Waals surface area (Å²) in [6, 6.07) is 14.0. The summed E-state index contributed by atoms with van der Waals surface area (Å²) in [4.78, 5) is 14.9. The van der Waals surface area contributed by atoms with Crippen LogP contribution in [0.4, 0.5) is 5.69 Å². The number of carbonyl (C=O) groups excluding carboxylic acids is 1. The third-order valence-electron chi connectivity index (χ3n) is 5.01. The molecule has 2 aromatic rings. The molecular formula is C21H26N2O2. The molecule has 0 saturated carbocycles. The van der Waals surface area contributed by atoms with Crippen LogP contribution < -0.4 is 10.1 Å². The van der Waals surface area contributed by atoms with E-state index in [2.05, 4.69) is 24.4 Å². The van der Waals surface area contributed by atoms with Gasteiger partial charge in [-0.2, -0.15) is 0 Å². The molecule has 1 N–H and O–H groups in total. The Morgan fingerprint density at radius 3 is 2.84 bits per heavy atom. The highest BCUT2D eigenvalue weighted by Crippen LogP contribution is 2.27. The van der Waals surface area contributed by atoms with Gasteiger partial charge in [-0.3, -0.25) is 4.79 Å². The molecule has 0 aliphatic carbocycles. The lowest BCUT2D eigenvalue weighted by molar-refractivity contribution is 0.0742. The second kappa shape index (κ2) is 7.60. The van der Waals surface area contributed by atoms with Gasteiger partial charge in [-0.05, 0) is 55.5 Å². The van der Waals surface area contributed by atoms with Crippen molar-refractivity contribution in [2.24, 2.45) is 0 Å². The quantitative estimate of drug-likeness (QED) is 0.902. The molecule has 1 heterocycles. The summed E-state index contributed by atoms with van der Waals surface area (Å²) in [5.41, 5.74) is 4.19. The minimum absolute atomic E-state index is 0.0798. The standard InChI is InChI=1S/C21H26N2O2/c1-15(14-16-8-4-5-12-20(16)25-3)23(2)21(24)18-9-6-11-19-17(18)10-7-13-22-19/h4-6,8-9,11-12,15,22H,7,10,13-14H2,1-3H3. The molecule has 1 atom stereocenters. The number of likely N-dealkylation sites (N-methyl/N-ethyl adjacent to an activating group) is 1. The van der Waals surface area contributed by atoms with E-state index in [1.807, 2.05) is 42.3 Å². The summed E-state index contributed by atoms with van der Waals surface area (Å²) in [5.74, 6) is 0.958. The molecule has 1 unspecified atom stereocenters. The average Bonchev–Trinajstić information content (AvgIpc) is 2.66. The lowest BCUT2D eigenvalue weighted by atomic mass is 9.96. The Bertz CT molecular complexity index is 757. The van der Waals surface area contributed by atoms with Crippen LogP contribution in [0.2, 0.25) is 0 Å². The van der Waals surface area contributed by atoms with Crippen LogP contribution in [0.3, 0.4) is 0 Å². The SMILES string of the molecule is COc1ccccc1CC(C)N(C)C(=O)c1cccc2c1CCCN2. The van der Waals surface area contributed by atoms with E-state index in [0.717, 1.165) is 53.9 Å². The molecule has 0 fully saturated rings. The van der Waals surface area contributed by atoms with Gasteiger partial charge in [-0.1, -0.05) is 24.3 Å². The fourth-order valence-corrected chi connectivity index (χ4v) is 3.43. The number of hydrogen-bond acceptors (Lipinski definition) is 3. The number of rotatable bonds is 5. The molecule has 1 amide bonds. The monoisotopic (exact) mass is 338 g/mol. The highest BCUT2D eigenvalue weighted by molar-refractivity contribution is 5.97. The van der Waals surface area contributed by atoms with Gasteiger partial charge in [0.1, 0.15) is 5.75 Å². The maximum Gasteiger partial charge on any atom is 0.254 e. The van der Waals surface area contributed by atoms with Crippen LogP contribution >= 0.6 is 0 Å². The van der Waals surface area contributed by atoms with Crippen molar-refractivity contribution >= 4 is 11.6 Å². The third-order valence-corrected chi connectivity index (χ3v) is 5.01. The lowest BCUT2D eigenvalue weighted by Crippen LogP contribution is -2.37. The first-order chi connectivity index (χ1) is 12.1. The van der Waals surface area contributed by atoms with Gasteiger partial charge < -0.3 is 15.0 Å². The van der Waals surface area contributed by atoms with Gasteiger partial charge in [0.2, 0.25) is 0 Å². The van der Waals surface area contributed by atoms with Crippen LogP contribution in [0.15, 0.2) is 42.5 Å². The fourth-order valence-electron chi connectivity index (χ4n) is 3.43. The van der Waals surface area contributed by atoms with Gasteiger partial charge >= 0.3 is 0 Å². The van der Waals surface area contributed by atoms with E-state index < -0.39 is 0 Å². The minimum atomic E-state index is 0.0798. The number of hydrogen-bond donors (Lipinski definition) is 1. The minimum Gasteiger partial charge on any atom is -0.496 e. The Hall–Kier alpha value is -2.49. The zero-order valence-corrected chi connectivity index (χ0v) is 15.2.